The van der Waals surface area contributed by atoms with Gasteiger partial charge in [0.1, 0.15) is 0 Å². The maximum atomic E-state index is 12.7. The Morgan fingerprint density at radius 3 is 2.92 bits per heavy atom. The molecule has 0 bridgehead atoms. The number of carbonyl (C=O) groups is 1. The van der Waals surface area contributed by atoms with Crippen LogP contribution in [0, 0.1) is 5.92 Å². The van der Waals surface area contributed by atoms with Gasteiger partial charge in [0.15, 0.2) is 5.82 Å². The molecule has 4 heterocycles. The Balaban J connectivity index is 1.41. The van der Waals surface area contributed by atoms with E-state index in [9.17, 15) is 4.79 Å². The van der Waals surface area contributed by atoms with Crippen LogP contribution in [0.15, 0.2) is 49.2 Å². The van der Waals surface area contributed by atoms with E-state index in [1.165, 1.54) is 0 Å². The van der Waals surface area contributed by atoms with E-state index in [0.29, 0.717) is 18.9 Å². The minimum Gasteiger partial charge on any atom is -0.315 e. The molecule has 0 unspecified atom stereocenters. The lowest BCUT2D eigenvalue weighted by Crippen LogP contribution is -2.28. The Kier molecular flexibility index (Phi) is 4.49. The topological polar surface area (TPSA) is 89.7 Å². The fourth-order valence-electron chi connectivity index (χ4n) is 3.35. The van der Waals surface area contributed by atoms with Crippen LogP contribution in [0.2, 0.25) is 0 Å². The second kappa shape index (κ2) is 7.09. The van der Waals surface area contributed by atoms with E-state index < -0.39 is 0 Å². The average molecular weight is 351 g/mol. The van der Waals surface area contributed by atoms with Crippen LogP contribution in [-0.4, -0.2) is 43.5 Å². The molecule has 3 aromatic rings. The second-order valence-electron chi connectivity index (χ2n) is 6.56. The number of nitrogens with one attached hydrogen (secondary N) is 2. The molecular formula is C18H21N7O. The summed E-state index contributed by atoms with van der Waals surface area (Å²) in [5, 5.41) is 14.9. The van der Waals surface area contributed by atoms with E-state index in [4.69, 9.17) is 0 Å². The highest BCUT2D eigenvalue weighted by Crippen LogP contribution is 2.28. The Hall–Kier alpha value is -3.00. The number of rotatable bonds is 5. The minimum absolute atomic E-state index is 0.0157. The van der Waals surface area contributed by atoms with Gasteiger partial charge in [-0.1, -0.05) is 0 Å². The number of carbonyl (C=O) groups excluding carboxylic acids is 1. The van der Waals surface area contributed by atoms with Gasteiger partial charge in [0.05, 0.1) is 18.7 Å². The molecule has 1 fully saturated rings. The number of hydrogen-bond acceptors (Lipinski definition) is 5. The normalized spacial score (nSPS) is 19.6. The van der Waals surface area contributed by atoms with Crippen LogP contribution in [0.4, 0.5) is 5.82 Å². The first-order chi connectivity index (χ1) is 12.7. The van der Waals surface area contributed by atoms with Crippen LogP contribution in [0.25, 0.3) is 0 Å². The van der Waals surface area contributed by atoms with Gasteiger partial charge in [0, 0.05) is 56.9 Å². The summed E-state index contributed by atoms with van der Waals surface area (Å²) in [5.41, 5.74) is 2.19. The van der Waals surface area contributed by atoms with Gasteiger partial charge in [-0.15, -0.1) is 0 Å². The molecule has 4 rings (SSSR count). The van der Waals surface area contributed by atoms with Crippen molar-refractivity contribution >= 4 is 11.7 Å². The molecule has 0 aromatic carbocycles. The maximum Gasteiger partial charge on any atom is 0.230 e. The zero-order valence-electron chi connectivity index (χ0n) is 14.5. The van der Waals surface area contributed by atoms with Crippen LogP contribution in [-0.2, 0) is 18.4 Å². The summed E-state index contributed by atoms with van der Waals surface area (Å²) in [5.74, 6) is 0.547. The van der Waals surface area contributed by atoms with Crippen LogP contribution < -0.4 is 10.6 Å². The Bertz CT molecular complexity index is 886. The first kappa shape index (κ1) is 16.5. The summed E-state index contributed by atoms with van der Waals surface area (Å²) in [7, 11) is 1.89. The predicted molar refractivity (Wildman–Crippen MR) is 96.5 cm³/mol. The second-order valence-corrected chi connectivity index (χ2v) is 6.56. The molecule has 0 radical (unpaired) electrons. The molecule has 8 heteroatoms. The Morgan fingerprint density at radius 2 is 2.15 bits per heavy atom. The summed E-state index contributed by atoms with van der Waals surface area (Å²) in [6.07, 6.45) is 9.19. The smallest absolute Gasteiger partial charge is 0.230 e. The number of nitrogens with zero attached hydrogens (tertiary/aromatic N) is 5. The van der Waals surface area contributed by atoms with Crippen LogP contribution in [0.1, 0.15) is 17.0 Å². The van der Waals surface area contributed by atoms with Gasteiger partial charge in [0.25, 0.3) is 0 Å². The van der Waals surface area contributed by atoms with Gasteiger partial charge in [-0.3, -0.25) is 19.1 Å². The molecule has 0 saturated carbocycles. The van der Waals surface area contributed by atoms with E-state index in [0.717, 1.165) is 17.7 Å². The molecule has 2 atom stereocenters. The fourth-order valence-corrected chi connectivity index (χ4v) is 3.35. The van der Waals surface area contributed by atoms with Gasteiger partial charge in [0.2, 0.25) is 5.91 Å². The summed E-state index contributed by atoms with van der Waals surface area (Å²) in [4.78, 5) is 16.7. The summed E-state index contributed by atoms with van der Waals surface area (Å²) < 4.78 is 3.57. The van der Waals surface area contributed by atoms with E-state index in [2.05, 4.69) is 25.8 Å². The minimum atomic E-state index is -0.135. The van der Waals surface area contributed by atoms with Crippen molar-refractivity contribution in [3.05, 3.63) is 60.3 Å². The SMILES string of the molecule is Cn1cc([C@H]2CNC[C@@H]2C(=O)Nc2ccn(Cc3ccncc3)n2)cn1. The molecule has 8 nitrogen and oxygen atoms in total. The van der Waals surface area contributed by atoms with Crippen molar-refractivity contribution in [2.75, 3.05) is 18.4 Å². The van der Waals surface area contributed by atoms with Crippen molar-refractivity contribution in [3.8, 4) is 0 Å². The highest BCUT2D eigenvalue weighted by Gasteiger charge is 2.34. The Morgan fingerprint density at radius 1 is 1.31 bits per heavy atom. The summed E-state index contributed by atoms with van der Waals surface area (Å²) in [6.45, 7) is 2.07. The van der Waals surface area contributed by atoms with Gasteiger partial charge < -0.3 is 10.6 Å². The number of pyridine rings is 1. The first-order valence-electron chi connectivity index (χ1n) is 8.61. The molecule has 0 spiro atoms. The van der Waals surface area contributed by atoms with E-state index in [1.807, 2.05) is 43.8 Å². The van der Waals surface area contributed by atoms with Crippen molar-refractivity contribution in [1.29, 1.82) is 0 Å². The van der Waals surface area contributed by atoms with Gasteiger partial charge in [-0.05, 0) is 23.3 Å². The lowest BCUT2D eigenvalue weighted by molar-refractivity contribution is -0.119. The van der Waals surface area contributed by atoms with E-state index in [1.54, 1.807) is 21.8 Å². The quantitative estimate of drug-likeness (QED) is 0.716. The molecule has 1 amide bonds. The summed E-state index contributed by atoms with van der Waals surface area (Å²) >= 11 is 0. The standard InChI is InChI=1S/C18H21N7O/c1-24-12-14(8-21-24)15-9-20-10-16(15)18(26)22-17-4-7-25(23-17)11-13-2-5-19-6-3-13/h2-8,12,15-16,20H,9-11H2,1H3,(H,22,23,26)/t15-,16+/m1/s1. The highest BCUT2D eigenvalue weighted by atomic mass is 16.2. The van der Waals surface area contributed by atoms with E-state index >= 15 is 0 Å². The van der Waals surface area contributed by atoms with Gasteiger partial charge in [-0.2, -0.15) is 10.2 Å². The molecule has 2 N–H and O–H groups in total. The molecule has 1 aliphatic rings. The molecule has 3 aromatic heterocycles. The Labute approximate surface area is 151 Å². The zero-order chi connectivity index (χ0) is 17.9. The highest BCUT2D eigenvalue weighted by molar-refractivity contribution is 5.92. The lowest BCUT2D eigenvalue weighted by Gasteiger charge is -2.16. The largest absolute Gasteiger partial charge is 0.315 e. The van der Waals surface area contributed by atoms with Crippen molar-refractivity contribution < 1.29 is 4.79 Å². The third-order valence-electron chi connectivity index (χ3n) is 4.69. The van der Waals surface area contributed by atoms with Crippen LogP contribution >= 0.6 is 0 Å². The first-order valence-corrected chi connectivity index (χ1v) is 8.61. The number of amides is 1. The van der Waals surface area contributed by atoms with Gasteiger partial charge >= 0.3 is 0 Å². The number of anilines is 1. The predicted octanol–water partition coefficient (Wildman–Crippen LogP) is 1.00. The van der Waals surface area contributed by atoms with E-state index in [-0.39, 0.29) is 17.7 Å². The molecule has 0 aliphatic carbocycles. The number of aromatic nitrogens is 5. The maximum absolute atomic E-state index is 12.7. The van der Waals surface area contributed by atoms with Crippen LogP contribution in [0.5, 0.6) is 0 Å². The molecule has 134 valence electrons. The van der Waals surface area contributed by atoms with Crippen molar-refractivity contribution in [1.82, 2.24) is 29.9 Å². The van der Waals surface area contributed by atoms with Crippen LogP contribution in [0.3, 0.4) is 0 Å². The van der Waals surface area contributed by atoms with Gasteiger partial charge in [-0.25, -0.2) is 0 Å². The lowest BCUT2D eigenvalue weighted by atomic mass is 9.90. The van der Waals surface area contributed by atoms with Crippen molar-refractivity contribution in [2.45, 2.75) is 12.5 Å². The third kappa shape index (κ3) is 3.50. The molecule has 26 heavy (non-hydrogen) atoms. The number of hydrogen-bond donors (Lipinski definition) is 2. The average Bonchev–Trinajstić information content (AvgIpc) is 3.36. The fraction of sp³-hybridized carbons (Fsp3) is 0.333. The third-order valence-corrected chi connectivity index (χ3v) is 4.69. The molecular weight excluding hydrogens is 330 g/mol. The van der Waals surface area contributed by atoms with Crippen molar-refractivity contribution in [3.63, 3.8) is 0 Å². The zero-order valence-corrected chi connectivity index (χ0v) is 14.5. The van der Waals surface area contributed by atoms with Crippen molar-refractivity contribution in [2.24, 2.45) is 13.0 Å². The molecule has 1 aliphatic heterocycles. The number of aryl methyl sites for hydroxylation is 1. The summed E-state index contributed by atoms with van der Waals surface area (Å²) in [6, 6.07) is 5.71. The molecule has 1 saturated heterocycles. The monoisotopic (exact) mass is 351 g/mol.